The van der Waals surface area contributed by atoms with Gasteiger partial charge in [-0.3, -0.25) is 4.79 Å². The molecule has 2 aromatic rings. The van der Waals surface area contributed by atoms with Crippen molar-refractivity contribution in [1.29, 1.82) is 0 Å². The van der Waals surface area contributed by atoms with E-state index in [2.05, 4.69) is 42.6 Å². The standard InChI is InChI=1S/C24H32N2O3.ClH/c1-3-28-23-16-21(17-25-13-5-15-26-14-4-6-24(26)27)11-12-22(23)29-18-20-9-7-19(2)8-10-20;/h7-12,16,25H,3-6,13-15,17-18H2,1-2H3;1H. The van der Waals surface area contributed by atoms with E-state index >= 15 is 0 Å². The monoisotopic (exact) mass is 432 g/mol. The molecule has 1 aliphatic heterocycles. The second kappa shape index (κ2) is 12.5. The molecule has 0 aliphatic carbocycles. The summed E-state index contributed by atoms with van der Waals surface area (Å²) in [6.07, 6.45) is 2.69. The number of benzene rings is 2. The van der Waals surface area contributed by atoms with E-state index in [1.165, 1.54) is 5.56 Å². The molecule has 6 heteroatoms. The molecule has 30 heavy (non-hydrogen) atoms. The average molecular weight is 433 g/mol. The predicted molar refractivity (Wildman–Crippen MR) is 123 cm³/mol. The Labute approximate surface area is 186 Å². The van der Waals surface area contributed by atoms with Crippen molar-refractivity contribution >= 4 is 18.3 Å². The number of hydrogen-bond donors (Lipinski definition) is 1. The molecule has 1 N–H and O–H groups in total. The van der Waals surface area contributed by atoms with Crippen LogP contribution in [0.25, 0.3) is 0 Å². The fourth-order valence-corrected chi connectivity index (χ4v) is 3.46. The minimum absolute atomic E-state index is 0. The summed E-state index contributed by atoms with van der Waals surface area (Å²) in [5.41, 5.74) is 3.54. The normalized spacial score (nSPS) is 13.3. The number of hydrogen-bond acceptors (Lipinski definition) is 4. The van der Waals surface area contributed by atoms with Crippen LogP contribution < -0.4 is 14.8 Å². The maximum Gasteiger partial charge on any atom is 0.222 e. The van der Waals surface area contributed by atoms with E-state index in [-0.39, 0.29) is 12.4 Å². The second-order valence-electron chi connectivity index (χ2n) is 7.50. The summed E-state index contributed by atoms with van der Waals surface area (Å²) in [4.78, 5) is 13.6. The third kappa shape index (κ3) is 7.22. The van der Waals surface area contributed by atoms with Crippen LogP contribution in [0.4, 0.5) is 0 Å². The SMILES string of the molecule is CCOc1cc(CNCCCN2CCCC2=O)ccc1OCc1ccc(C)cc1.Cl. The van der Waals surface area contributed by atoms with Crippen LogP contribution in [0.5, 0.6) is 11.5 Å². The summed E-state index contributed by atoms with van der Waals surface area (Å²) in [6.45, 7) is 8.60. The smallest absolute Gasteiger partial charge is 0.222 e. The van der Waals surface area contributed by atoms with E-state index in [1.54, 1.807) is 0 Å². The van der Waals surface area contributed by atoms with Crippen LogP contribution in [0.1, 0.15) is 42.9 Å². The third-order valence-electron chi connectivity index (χ3n) is 5.10. The van der Waals surface area contributed by atoms with Crippen molar-refractivity contribution in [2.24, 2.45) is 0 Å². The molecule has 164 valence electrons. The lowest BCUT2D eigenvalue weighted by Crippen LogP contribution is -2.28. The van der Waals surface area contributed by atoms with E-state index in [4.69, 9.17) is 9.47 Å². The fourth-order valence-electron chi connectivity index (χ4n) is 3.46. The molecule has 5 nitrogen and oxygen atoms in total. The molecule has 1 heterocycles. The fraction of sp³-hybridized carbons (Fsp3) is 0.458. The van der Waals surface area contributed by atoms with Crippen LogP contribution >= 0.6 is 12.4 Å². The molecule has 1 saturated heterocycles. The predicted octanol–water partition coefficient (Wildman–Crippen LogP) is 4.50. The first-order valence-electron chi connectivity index (χ1n) is 10.6. The van der Waals surface area contributed by atoms with Gasteiger partial charge < -0.3 is 19.7 Å². The van der Waals surface area contributed by atoms with Gasteiger partial charge in [0.15, 0.2) is 11.5 Å². The summed E-state index contributed by atoms with van der Waals surface area (Å²) >= 11 is 0. The van der Waals surface area contributed by atoms with E-state index in [1.807, 2.05) is 24.0 Å². The highest BCUT2D eigenvalue weighted by Gasteiger charge is 2.18. The molecular formula is C24H33ClN2O3. The molecule has 0 unspecified atom stereocenters. The number of rotatable bonds is 11. The Kier molecular flexibility index (Phi) is 9.98. The molecular weight excluding hydrogens is 400 g/mol. The van der Waals surface area contributed by atoms with E-state index in [9.17, 15) is 4.79 Å². The van der Waals surface area contributed by atoms with Gasteiger partial charge in [0.2, 0.25) is 5.91 Å². The Morgan fingerprint density at radius 2 is 1.80 bits per heavy atom. The van der Waals surface area contributed by atoms with Gasteiger partial charge in [0.05, 0.1) is 6.61 Å². The summed E-state index contributed by atoms with van der Waals surface area (Å²) < 4.78 is 11.8. The number of carbonyl (C=O) groups excluding carboxylic acids is 1. The number of ether oxygens (including phenoxy) is 2. The highest BCUT2D eigenvalue weighted by molar-refractivity contribution is 5.85. The van der Waals surface area contributed by atoms with Gasteiger partial charge in [-0.05, 0) is 56.5 Å². The molecule has 0 aromatic heterocycles. The summed E-state index contributed by atoms with van der Waals surface area (Å²) in [7, 11) is 0. The molecule has 0 spiro atoms. The number of halogens is 1. The van der Waals surface area contributed by atoms with Crippen molar-refractivity contribution in [3.8, 4) is 11.5 Å². The molecule has 3 rings (SSSR count). The topological polar surface area (TPSA) is 50.8 Å². The third-order valence-corrected chi connectivity index (χ3v) is 5.10. The van der Waals surface area contributed by atoms with Gasteiger partial charge in [-0.2, -0.15) is 0 Å². The van der Waals surface area contributed by atoms with Gasteiger partial charge in [-0.1, -0.05) is 35.9 Å². The Bertz CT molecular complexity index is 796. The molecule has 0 radical (unpaired) electrons. The Balaban J connectivity index is 0.00000320. The highest BCUT2D eigenvalue weighted by Crippen LogP contribution is 2.29. The average Bonchev–Trinajstić information content (AvgIpc) is 3.13. The van der Waals surface area contributed by atoms with Crippen LogP contribution in [0.2, 0.25) is 0 Å². The molecule has 1 aliphatic rings. The van der Waals surface area contributed by atoms with Gasteiger partial charge in [-0.25, -0.2) is 0 Å². The lowest BCUT2D eigenvalue weighted by atomic mass is 10.1. The molecule has 2 aromatic carbocycles. The number of aryl methyl sites for hydroxylation is 1. The highest BCUT2D eigenvalue weighted by atomic mass is 35.5. The quantitative estimate of drug-likeness (QED) is 0.531. The maximum atomic E-state index is 11.6. The maximum absolute atomic E-state index is 11.6. The number of carbonyl (C=O) groups is 1. The lowest BCUT2D eigenvalue weighted by Gasteiger charge is -2.16. The van der Waals surface area contributed by atoms with Crippen LogP contribution in [0.15, 0.2) is 42.5 Å². The van der Waals surface area contributed by atoms with E-state index < -0.39 is 0 Å². The van der Waals surface area contributed by atoms with Crippen molar-refractivity contribution in [1.82, 2.24) is 10.2 Å². The first kappa shape index (κ1) is 24.0. The van der Waals surface area contributed by atoms with Gasteiger partial charge in [0.25, 0.3) is 0 Å². The van der Waals surface area contributed by atoms with Crippen molar-refractivity contribution in [2.75, 3.05) is 26.2 Å². The number of nitrogens with one attached hydrogen (secondary N) is 1. The number of amides is 1. The summed E-state index contributed by atoms with van der Waals surface area (Å²) in [5.74, 6) is 1.85. The first-order chi connectivity index (χ1) is 14.2. The van der Waals surface area contributed by atoms with Gasteiger partial charge in [0, 0.05) is 26.1 Å². The zero-order valence-electron chi connectivity index (χ0n) is 18.0. The zero-order chi connectivity index (χ0) is 20.5. The van der Waals surface area contributed by atoms with Crippen LogP contribution in [0, 0.1) is 6.92 Å². The second-order valence-corrected chi connectivity index (χ2v) is 7.50. The van der Waals surface area contributed by atoms with Gasteiger partial charge in [-0.15, -0.1) is 12.4 Å². The van der Waals surface area contributed by atoms with Crippen molar-refractivity contribution in [3.63, 3.8) is 0 Å². The van der Waals surface area contributed by atoms with Crippen molar-refractivity contribution in [2.45, 2.75) is 46.3 Å². The van der Waals surface area contributed by atoms with Gasteiger partial charge >= 0.3 is 0 Å². The largest absolute Gasteiger partial charge is 0.490 e. The molecule has 1 fully saturated rings. The minimum atomic E-state index is 0. The Morgan fingerprint density at radius 3 is 2.50 bits per heavy atom. The Hall–Kier alpha value is -2.24. The zero-order valence-corrected chi connectivity index (χ0v) is 18.8. The summed E-state index contributed by atoms with van der Waals surface area (Å²) in [5, 5.41) is 3.46. The van der Waals surface area contributed by atoms with Crippen LogP contribution in [-0.2, 0) is 17.9 Å². The molecule has 0 saturated carbocycles. The molecule has 0 bridgehead atoms. The van der Waals surface area contributed by atoms with E-state index in [0.29, 0.717) is 25.5 Å². The first-order valence-corrected chi connectivity index (χ1v) is 10.6. The minimum Gasteiger partial charge on any atom is -0.490 e. The van der Waals surface area contributed by atoms with Crippen molar-refractivity contribution in [3.05, 3.63) is 59.2 Å². The Morgan fingerprint density at radius 1 is 1.03 bits per heavy atom. The number of nitrogens with zero attached hydrogens (tertiary/aromatic N) is 1. The molecule has 1 amide bonds. The van der Waals surface area contributed by atoms with Crippen molar-refractivity contribution < 1.29 is 14.3 Å². The van der Waals surface area contributed by atoms with Gasteiger partial charge in [0.1, 0.15) is 6.61 Å². The van der Waals surface area contributed by atoms with Crippen LogP contribution in [0.3, 0.4) is 0 Å². The summed E-state index contributed by atoms with van der Waals surface area (Å²) in [6, 6.07) is 14.5. The van der Waals surface area contributed by atoms with Crippen LogP contribution in [-0.4, -0.2) is 37.0 Å². The van der Waals surface area contributed by atoms with E-state index in [0.717, 1.165) is 61.6 Å². The number of likely N-dealkylation sites (tertiary alicyclic amines) is 1. The molecule has 0 atom stereocenters. The lowest BCUT2D eigenvalue weighted by molar-refractivity contribution is -0.127.